The predicted molar refractivity (Wildman–Crippen MR) is 77.5 cm³/mol. The third kappa shape index (κ3) is 3.75. The zero-order valence-electron chi connectivity index (χ0n) is 11.6. The number of phenols is 1. The smallest absolute Gasteiger partial charge is 0.335 e. The number of carboxylic acids is 1. The molecule has 22 heavy (non-hydrogen) atoms. The number of aliphatic hydroxyl groups excluding tert-OH is 2. The highest BCUT2D eigenvalue weighted by Gasteiger charge is 2.25. The molecule has 2 rings (SSSR count). The molecule has 0 saturated heterocycles. The van der Waals surface area contributed by atoms with Crippen molar-refractivity contribution in [2.45, 2.75) is 18.8 Å². The lowest BCUT2D eigenvalue weighted by Crippen LogP contribution is -2.27. The molecule has 2 atom stereocenters. The van der Waals surface area contributed by atoms with Crippen molar-refractivity contribution >= 4 is 5.97 Å². The van der Waals surface area contributed by atoms with E-state index in [0.717, 1.165) is 5.56 Å². The minimum Gasteiger partial charge on any atom is -0.504 e. The first-order valence-electron chi connectivity index (χ1n) is 6.57. The Labute approximate surface area is 126 Å². The largest absolute Gasteiger partial charge is 0.504 e. The highest BCUT2D eigenvalue weighted by Crippen LogP contribution is 2.31. The standard InChI is InChI=1S/C16H16O6/c17-12-7-6-11(14(18)15(19)16(20)21)8-13(12)22-9-10-4-2-1-3-5-10/h1-8,14-15,17-19H,9H2,(H,20,21). The first-order valence-corrected chi connectivity index (χ1v) is 6.57. The summed E-state index contributed by atoms with van der Waals surface area (Å²) in [4.78, 5) is 10.7. The summed E-state index contributed by atoms with van der Waals surface area (Å²) in [6, 6.07) is 13.2. The van der Waals surface area contributed by atoms with Crippen LogP contribution in [0.2, 0.25) is 0 Å². The van der Waals surface area contributed by atoms with Gasteiger partial charge in [0.2, 0.25) is 0 Å². The monoisotopic (exact) mass is 304 g/mol. The van der Waals surface area contributed by atoms with E-state index in [4.69, 9.17) is 9.84 Å². The van der Waals surface area contributed by atoms with Crippen LogP contribution in [-0.4, -0.2) is 32.5 Å². The maximum atomic E-state index is 10.7. The molecule has 0 saturated carbocycles. The van der Waals surface area contributed by atoms with Crippen LogP contribution in [0, 0.1) is 0 Å². The lowest BCUT2D eigenvalue weighted by atomic mass is 10.0. The molecule has 0 aliphatic carbocycles. The number of aliphatic hydroxyl groups is 2. The van der Waals surface area contributed by atoms with Gasteiger partial charge in [0.15, 0.2) is 17.6 Å². The minimum atomic E-state index is -1.95. The number of aromatic hydroxyl groups is 1. The number of benzene rings is 2. The molecule has 0 radical (unpaired) electrons. The van der Waals surface area contributed by atoms with Crippen LogP contribution < -0.4 is 4.74 Å². The molecule has 2 aromatic rings. The van der Waals surface area contributed by atoms with Gasteiger partial charge in [0.25, 0.3) is 0 Å². The number of hydrogen-bond donors (Lipinski definition) is 4. The van der Waals surface area contributed by atoms with Crippen LogP contribution in [0.1, 0.15) is 17.2 Å². The number of carbonyl (C=O) groups is 1. The molecule has 0 heterocycles. The van der Waals surface area contributed by atoms with E-state index in [-0.39, 0.29) is 23.7 Å². The lowest BCUT2D eigenvalue weighted by molar-refractivity contribution is -0.153. The molecule has 6 nitrogen and oxygen atoms in total. The van der Waals surface area contributed by atoms with E-state index in [2.05, 4.69) is 0 Å². The van der Waals surface area contributed by atoms with Gasteiger partial charge in [0.1, 0.15) is 12.7 Å². The summed E-state index contributed by atoms with van der Waals surface area (Å²) in [7, 11) is 0. The number of aliphatic carboxylic acids is 1. The van der Waals surface area contributed by atoms with Gasteiger partial charge in [0, 0.05) is 0 Å². The normalized spacial score (nSPS) is 13.4. The quantitative estimate of drug-likeness (QED) is 0.643. The first kappa shape index (κ1) is 15.8. The molecular weight excluding hydrogens is 288 g/mol. The second-order valence-electron chi connectivity index (χ2n) is 4.73. The van der Waals surface area contributed by atoms with Gasteiger partial charge in [-0.15, -0.1) is 0 Å². The Hall–Kier alpha value is -2.57. The van der Waals surface area contributed by atoms with Crippen molar-refractivity contribution < 1.29 is 30.0 Å². The Morgan fingerprint density at radius 1 is 1.09 bits per heavy atom. The van der Waals surface area contributed by atoms with Crippen molar-refractivity contribution in [3.63, 3.8) is 0 Å². The van der Waals surface area contributed by atoms with Gasteiger partial charge in [-0.2, -0.15) is 0 Å². The van der Waals surface area contributed by atoms with E-state index >= 15 is 0 Å². The summed E-state index contributed by atoms with van der Waals surface area (Å²) in [6.45, 7) is 0.204. The maximum Gasteiger partial charge on any atom is 0.335 e. The third-order valence-corrected chi connectivity index (χ3v) is 3.11. The lowest BCUT2D eigenvalue weighted by Gasteiger charge is -2.16. The highest BCUT2D eigenvalue weighted by atomic mass is 16.5. The zero-order chi connectivity index (χ0) is 16.1. The van der Waals surface area contributed by atoms with Gasteiger partial charge >= 0.3 is 5.97 Å². The average Bonchev–Trinajstić information content (AvgIpc) is 2.53. The summed E-state index contributed by atoms with van der Waals surface area (Å²) >= 11 is 0. The maximum absolute atomic E-state index is 10.7. The van der Waals surface area contributed by atoms with Crippen LogP contribution in [0.25, 0.3) is 0 Å². The zero-order valence-corrected chi connectivity index (χ0v) is 11.6. The Bertz CT molecular complexity index is 640. The molecule has 0 amide bonds. The van der Waals surface area contributed by atoms with Crippen molar-refractivity contribution in [2.75, 3.05) is 0 Å². The molecule has 0 spiro atoms. The Morgan fingerprint density at radius 3 is 2.41 bits per heavy atom. The summed E-state index contributed by atoms with van der Waals surface area (Å²) < 4.78 is 5.46. The summed E-state index contributed by atoms with van der Waals surface area (Å²) in [5.74, 6) is -1.58. The molecule has 0 aromatic heterocycles. The Morgan fingerprint density at radius 2 is 1.77 bits per heavy atom. The minimum absolute atomic E-state index is 0.0954. The SMILES string of the molecule is O=C(O)C(O)C(O)c1ccc(O)c(OCc2ccccc2)c1. The first-order chi connectivity index (χ1) is 10.5. The van der Waals surface area contributed by atoms with Crippen molar-refractivity contribution in [3.05, 3.63) is 59.7 Å². The van der Waals surface area contributed by atoms with Gasteiger partial charge in [-0.25, -0.2) is 4.79 Å². The van der Waals surface area contributed by atoms with E-state index in [0.29, 0.717) is 0 Å². The van der Waals surface area contributed by atoms with Crippen LogP contribution in [0.15, 0.2) is 48.5 Å². The molecule has 2 aromatic carbocycles. The van der Waals surface area contributed by atoms with E-state index in [1.165, 1.54) is 18.2 Å². The predicted octanol–water partition coefficient (Wildman–Crippen LogP) is 1.45. The molecule has 4 N–H and O–H groups in total. The van der Waals surface area contributed by atoms with Gasteiger partial charge < -0.3 is 25.2 Å². The number of carboxylic acid groups (broad SMARTS) is 1. The van der Waals surface area contributed by atoms with E-state index in [1.807, 2.05) is 30.3 Å². The Kier molecular flexibility index (Phi) is 4.98. The molecule has 0 fully saturated rings. The van der Waals surface area contributed by atoms with Crippen molar-refractivity contribution in [2.24, 2.45) is 0 Å². The summed E-state index contributed by atoms with van der Waals surface area (Å²) in [5.41, 5.74) is 1.02. The number of ether oxygens (including phenoxy) is 1. The molecule has 2 unspecified atom stereocenters. The van der Waals surface area contributed by atoms with Gasteiger partial charge in [0.05, 0.1) is 0 Å². The number of hydrogen-bond acceptors (Lipinski definition) is 5. The summed E-state index contributed by atoms with van der Waals surface area (Å²) in [6.07, 6.45) is -3.57. The van der Waals surface area contributed by atoms with Crippen LogP contribution in [0.4, 0.5) is 0 Å². The topological polar surface area (TPSA) is 107 Å². The Balaban J connectivity index is 2.14. The van der Waals surface area contributed by atoms with Gasteiger partial charge in [-0.05, 0) is 23.3 Å². The molecule has 0 aliphatic rings. The summed E-state index contributed by atoms with van der Waals surface area (Å²) in [5, 5.41) is 37.6. The number of rotatable bonds is 6. The average molecular weight is 304 g/mol. The van der Waals surface area contributed by atoms with Gasteiger partial charge in [-0.3, -0.25) is 0 Å². The number of phenolic OH excluding ortho intramolecular Hbond substituents is 1. The van der Waals surface area contributed by atoms with Crippen LogP contribution >= 0.6 is 0 Å². The highest BCUT2D eigenvalue weighted by molar-refractivity contribution is 5.73. The fraction of sp³-hybridized carbons (Fsp3) is 0.188. The molecule has 6 heteroatoms. The van der Waals surface area contributed by atoms with Crippen molar-refractivity contribution in [1.82, 2.24) is 0 Å². The van der Waals surface area contributed by atoms with Crippen LogP contribution in [-0.2, 0) is 11.4 Å². The van der Waals surface area contributed by atoms with E-state index < -0.39 is 18.2 Å². The van der Waals surface area contributed by atoms with E-state index in [9.17, 15) is 20.1 Å². The van der Waals surface area contributed by atoms with Gasteiger partial charge in [-0.1, -0.05) is 36.4 Å². The fourth-order valence-electron chi connectivity index (χ4n) is 1.88. The fourth-order valence-corrected chi connectivity index (χ4v) is 1.88. The molecule has 116 valence electrons. The van der Waals surface area contributed by atoms with Crippen LogP contribution in [0.5, 0.6) is 11.5 Å². The third-order valence-electron chi connectivity index (χ3n) is 3.11. The molecule has 0 bridgehead atoms. The molecule has 0 aliphatic heterocycles. The molecular formula is C16H16O6. The second-order valence-corrected chi connectivity index (χ2v) is 4.73. The van der Waals surface area contributed by atoms with Crippen LogP contribution in [0.3, 0.4) is 0 Å². The van der Waals surface area contributed by atoms with E-state index in [1.54, 1.807) is 0 Å². The second kappa shape index (κ2) is 6.93. The van der Waals surface area contributed by atoms with Crippen molar-refractivity contribution in [1.29, 1.82) is 0 Å². The van der Waals surface area contributed by atoms with Crippen molar-refractivity contribution in [3.8, 4) is 11.5 Å².